The van der Waals surface area contributed by atoms with Gasteiger partial charge in [0.15, 0.2) is 5.78 Å². The molecule has 0 unspecified atom stereocenters. The average molecular weight is 380 g/mol. The van der Waals surface area contributed by atoms with Gasteiger partial charge in [-0.25, -0.2) is 10.6 Å². The van der Waals surface area contributed by atoms with Gasteiger partial charge in [0.05, 0.1) is 18.7 Å². The van der Waals surface area contributed by atoms with Gasteiger partial charge in [0.25, 0.3) is 0 Å². The Kier molecular flexibility index (Phi) is 4.94. The number of hydrogen-bond donors (Lipinski definition) is 1. The van der Waals surface area contributed by atoms with E-state index in [1.165, 1.54) is 24.5 Å². The van der Waals surface area contributed by atoms with Gasteiger partial charge in [0.1, 0.15) is 6.04 Å². The van der Waals surface area contributed by atoms with Crippen molar-refractivity contribution in [2.24, 2.45) is 5.84 Å². The van der Waals surface area contributed by atoms with Crippen LogP contribution < -0.4 is 10.9 Å². The molecule has 0 saturated carbocycles. The van der Waals surface area contributed by atoms with Crippen molar-refractivity contribution in [2.75, 3.05) is 12.1 Å². The standard InChI is InChI=1S/C17H15Cl2N3O3/c1-25-17(24)14-8-11(16(23)9-2-4-21-5-3-9)15-12(19)6-10(18)7-13(15)22(14)20/h2-7,11,14H,8,20H2,1H3/t11-,14+/m0/s1. The number of ether oxygens (including phenoxy) is 1. The Morgan fingerprint density at radius 2 is 1.96 bits per heavy atom. The number of esters is 1. The first-order valence-electron chi connectivity index (χ1n) is 7.49. The van der Waals surface area contributed by atoms with Crippen molar-refractivity contribution in [3.8, 4) is 0 Å². The molecule has 2 heterocycles. The van der Waals surface area contributed by atoms with E-state index >= 15 is 0 Å². The lowest BCUT2D eigenvalue weighted by molar-refractivity contribution is -0.142. The number of rotatable bonds is 3. The van der Waals surface area contributed by atoms with E-state index in [0.717, 1.165) is 0 Å². The van der Waals surface area contributed by atoms with E-state index in [-0.39, 0.29) is 12.2 Å². The summed E-state index contributed by atoms with van der Waals surface area (Å²) in [7, 11) is 1.27. The predicted octanol–water partition coefficient (Wildman–Crippen LogP) is 2.98. The molecule has 1 aliphatic heterocycles. The summed E-state index contributed by atoms with van der Waals surface area (Å²) in [4.78, 5) is 29.1. The van der Waals surface area contributed by atoms with Crippen molar-refractivity contribution in [1.29, 1.82) is 0 Å². The number of halogens is 2. The molecule has 3 rings (SSSR count). The Bertz CT molecular complexity index is 829. The highest BCUT2D eigenvalue weighted by Crippen LogP contribution is 2.44. The Morgan fingerprint density at radius 3 is 2.60 bits per heavy atom. The van der Waals surface area contributed by atoms with E-state index in [1.807, 2.05) is 0 Å². The molecule has 0 aliphatic carbocycles. The third-order valence-corrected chi connectivity index (χ3v) is 4.78. The van der Waals surface area contributed by atoms with Crippen molar-refractivity contribution in [3.63, 3.8) is 0 Å². The second-order valence-electron chi connectivity index (χ2n) is 5.66. The highest BCUT2D eigenvalue weighted by Gasteiger charge is 2.41. The molecule has 2 N–H and O–H groups in total. The number of carbonyl (C=O) groups is 2. The number of hydrogen-bond acceptors (Lipinski definition) is 6. The molecule has 0 radical (unpaired) electrons. The number of pyridine rings is 1. The van der Waals surface area contributed by atoms with Crippen molar-refractivity contribution >= 4 is 40.6 Å². The maximum absolute atomic E-state index is 13.0. The number of nitrogens with zero attached hydrogens (tertiary/aromatic N) is 2. The Hall–Kier alpha value is -2.15. The lowest BCUT2D eigenvalue weighted by atomic mass is 9.81. The van der Waals surface area contributed by atoms with Crippen LogP contribution in [0.1, 0.15) is 28.3 Å². The molecule has 25 heavy (non-hydrogen) atoms. The molecular formula is C17H15Cl2N3O3. The molecular weight excluding hydrogens is 365 g/mol. The van der Waals surface area contributed by atoms with E-state index in [0.29, 0.717) is 26.9 Å². The molecule has 0 saturated heterocycles. The van der Waals surface area contributed by atoms with Crippen molar-refractivity contribution < 1.29 is 14.3 Å². The minimum Gasteiger partial charge on any atom is -0.467 e. The zero-order chi connectivity index (χ0) is 18.1. The van der Waals surface area contributed by atoms with Gasteiger partial charge in [-0.3, -0.25) is 14.8 Å². The number of nitrogens with two attached hydrogens (primary N) is 1. The Morgan fingerprint density at radius 1 is 1.28 bits per heavy atom. The first-order chi connectivity index (χ1) is 11.9. The summed E-state index contributed by atoms with van der Waals surface area (Å²) < 4.78 is 4.82. The van der Waals surface area contributed by atoms with Gasteiger partial charge in [0.2, 0.25) is 0 Å². The summed E-state index contributed by atoms with van der Waals surface area (Å²) in [6.07, 6.45) is 3.22. The lowest BCUT2D eigenvalue weighted by Gasteiger charge is -2.37. The van der Waals surface area contributed by atoms with Gasteiger partial charge < -0.3 is 4.74 Å². The molecule has 2 atom stereocenters. The average Bonchev–Trinajstić information content (AvgIpc) is 2.62. The van der Waals surface area contributed by atoms with Crippen molar-refractivity contribution in [2.45, 2.75) is 18.4 Å². The van der Waals surface area contributed by atoms with Gasteiger partial charge in [-0.1, -0.05) is 23.2 Å². The zero-order valence-electron chi connectivity index (χ0n) is 13.3. The number of methoxy groups -OCH3 is 1. The minimum atomic E-state index is -0.817. The molecule has 6 nitrogen and oxygen atoms in total. The number of benzene rings is 1. The quantitative estimate of drug-likeness (QED) is 0.501. The summed E-state index contributed by atoms with van der Waals surface area (Å²) in [5, 5.41) is 1.95. The predicted molar refractivity (Wildman–Crippen MR) is 94.9 cm³/mol. The second kappa shape index (κ2) is 7.00. The summed E-state index contributed by atoms with van der Waals surface area (Å²) in [5.41, 5.74) is 1.47. The van der Waals surface area contributed by atoms with Crippen LogP contribution in [0.5, 0.6) is 0 Å². The number of ketones is 1. The largest absolute Gasteiger partial charge is 0.467 e. The normalized spacial score (nSPS) is 19.3. The summed E-state index contributed by atoms with van der Waals surface area (Å²) in [6, 6.07) is 5.57. The summed E-state index contributed by atoms with van der Waals surface area (Å²) in [5.74, 6) is 4.75. The molecule has 8 heteroatoms. The van der Waals surface area contributed by atoms with Crippen LogP contribution in [0.15, 0.2) is 36.7 Å². The van der Waals surface area contributed by atoms with E-state index < -0.39 is 17.9 Å². The fourth-order valence-electron chi connectivity index (χ4n) is 3.05. The van der Waals surface area contributed by atoms with Gasteiger partial charge >= 0.3 is 5.97 Å². The molecule has 1 aliphatic rings. The van der Waals surface area contributed by atoms with Crippen molar-refractivity contribution in [3.05, 3.63) is 57.8 Å². The van der Waals surface area contributed by atoms with Gasteiger partial charge in [0, 0.05) is 33.6 Å². The zero-order valence-corrected chi connectivity index (χ0v) is 14.8. The van der Waals surface area contributed by atoms with Crippen LogP contribution in [0.2, 0.25) is 10.0 Å². The third-order valence-electron chi connectivity index (χ3n) is 4.25. The fourth-order valence-corrected chi connectivity index (χ4v) is 3.67. The van der Waals surface area contributed by atoms with Crippen LogP contribution >= 0.6 is 23.2 Å². The first kappa shape index (κ1) is 17.7. The topological polar surface area (TPSA) is 85.5 Å². The number of aromatic nitrogens is 1. The molecule has 0 fully saturated rings. The van der Waals surface area contributed by atoms with Crippen LogP contribution in [0.25, 0.3) is 0 Å². The number of hydrazine groups is 1. The van der Waals surface area contributed by atoms with Gasteiger partial charge in [-0.15, -0.1) is 0 Å². The smallest absolute Gasteiger partial charge is 0.330 e. The Labute approximate surface area is 154 Å². The maximum Gasteiger partial charge on any atom is 0.330 e. The van der Waals surface area contributed by atoms with Crippen LogP contribution in [-0.2, 0) is 9.53 Å². The molecule has 0 spiro atoms. The van der Waals surface area contributed by atoms with Gasteiger partial charge in [-0.05, 0) is 30.7 Å². The molecule has 0 bridgehead atoms. The number of carbonyl (C=O) groups excluding carboxylic acids is 2. The summed E-state index contributed by atoms with van der Waals surface area (Å²) >= 11 is 12.4. The number of fused-ring (bicyclic) bond motifs is 1. The first-order valence-corrected chi connectivity index (χ1v) is 8.24. The van der Waals surface area contributed by atoms with E-state index in [1.54, 1.807) is 24.3 Å². The van der Waals surface area contributed by atoms with Crippen LogP contribution in [0, 0.1) is 0 Å². The third kappa shape index (κ3) is 3.20. The minimum absolute atomic E-state index is 0.151. The number of Topliss-reactive ketones (excluding diaryl/α,β-unsaturated/α-hetero) is 1. The highest BCUT2D eigenvalue weighted by molar-refractivity contribution is 6.36. The molecule has 130 valence electrons. The van der Waals surface area contributed by atoms with Crippen LogP contribution in [-0.4, -0.2) is 29.9 Å². The summed E-state index contributed by atoms with van der Waals surface area (Å²) in [6.45, 7) is 0. The number of anilines is 1. The lowest BCUT2D eigenvalue weighted by Crippen LogP contribution is -2.51. The van der Waals surface area contributed by atoms with E-state index in [9.17, 15) is 9.59 Å². The molecule has 2 aromatic rings. The van der Waals surface area contributed by atoms with Crippen LogP contribution in [0.4, 0.5) is 5.69 Å². The van der Waals surface area contributed by atoms with Crippen molar-refractivity contribution in [1.82, 2.24) is 4.98 Å². The van der Waals surface area contributed by atoms with E-state index in [2.05, 4.69) is 4.98 Å². The monoisotopic (exact) mass is 379 g/mol. The maximum atomic E-state index is 13.0. The molecule has 1 aromatic carbocycles. The van der Waals surface area contributed by atoms with E-state index in [4.69, 9.17) is 33.8 Å². The fraction of sp³-hybridized carbons (Fsp3) is 0.235. The second-order valence-corrected chi connectivity index (χ2v) is 6.50. The molecule has 1 aromatic heterocycles. The SMILES string of the molecule is COC(=O)[C@H]1C[C@H](C(=O)c2ccncc2)c2c(Cl)cc(Cl)cc2N1N. The molecule has 0 amide bonds. The Balaban J connectivity index is 2.13. The highest BCUT2D eigenvalue weighted by atomic mass is 35.5. The van der Waals surface area contributed by atoms with Gasteiger partial charge in [-0.2, -0.15) is 0 Å². The van der Waals surface area contributed by atoms with Crippen LogP contribution in [0.3, 0.4) is 0 Å².